The average Bonchev–Trinajstić information content (AvgIpc) is 3.30. The fraction of sp³-hybridized carbons (Fsp3) is 0. The summed E-state index contributed by atoms with van der Waals surface area (Å²) < 4.78 is 0. The number of para-hydroxylation sites is 3. The maximum Gasteiger partial charge on any atom is 0.252 e. The zero-order valence-electron chi connectivity index (χ0n) is 30.9. The molecule has 2 aliphatic heterocycles. The molecule has 0 saturated heterocycles. The van der Waals surface area contributed by atoms with Crippen molar-refractivity contribution in [2.75, 3.05) is 9.80 Å². The maximum absolute atomic E-state index is 5.18. The van der Waals surface area contributed by atoms with E-state index >= 15 is 0 Å². The molecule has 0 saturated carbocycles. The molecule has 0 atom stereocenters. The molecule has 266 valence electrons. The summed E-state index contributed by atoms with van der Waals surface area (Å²) in [4.78, 5) is 20.2. The normalized spacial score (nSPS) is 12.5. The first-order valence-corrected chi connectivity index (χ1v) is 19.3. The molecule has 0 radical (unpaired) electrons. The van der Waals surface area contributed by atoms with Crippen LogP contribution in [0.2, 0.25) is 0 Å². The predicted octanol–water partition coefficient (Wildman–Crippen LogP) is 10.6. The minimum Gasteiger partial charge on any atom is -0.311 e. The van der Waals surface area contributed by atoms with Gasteiger partial charge in [0.25, 0.3) is 6.71 Å². The second kappa shape index (κ2) is 13.6. The van der Waals surface area contributed by atoms with Gasteiger partial charge in [-0.05, 0) is 82.1 Å². The summed E-state index contributed by atoms with van der Waals surface area (Å²) in [5, 5.41) is 0. The summed E-state index contributed by atoms with van der Waals surface area (Å²) in [6.45, 7) is 0.0574. The second-order valence-corrected chi connectivity index (χ2v) is 14.4. The van der Waals surface area contributed by atoms with Gasteiger partial charge < -0.3 is 9.80 Å². The third kappa shape index (κ3) is 5.61. The molecule has 0 bridgehead atoms. The van der Waals surface area contributed by atoms with Crippen molar-refractivity contribution in [3.63, 3.8) is 0 Å². The third-order valence-corrected chi connectivity index (χ3v) is 11.1. The zero-order valence-corrected chi connectivity index (χ0v) is 30.9. The highest BCUT2D eigenvalue weighted by atomic mass is 15.2. The molecule has 0 fully saturated rings. The van der Waals surface area contributed by atoms with Gasteiger partial charge in [-0.2, -0.15) is 0 Å². The minimum absolute atomic E-state index is 0.0574. The van der Waals surface area contributed by atoms with Gasteiger partial charge in [0.15, 0.2) is 17.5 Å². The Kier molecular flexibility index (Phi) is 7.85. The van der Waals surface area contributed by atoms with E-state index in [-0.39, 0.29) is 6.71 Å². The molecule has 57 heavy (non-hydrogen) atoms. The minimum atomic E-state index is 0.0574. The molecule has 5 nitrogen and oxygen atoms in total. The van der Waals surface area contributed by atoms with Crippen LogP contribution in [0.4, 0.5) is 34.1 Å². The highest BCUT2D eigenvalue weighted by Crippen LogP contribution is 2.45. The van der Waals surface area contributed by atoms with Gasteiger partial charge in [-0.1, -0.05) is 152 Å². The summed E-state index contributed by atoms with van der Waals surface area (Å²) in [7, 11) is 0. The Bertz CT molecular complexity index is 2860. The number of hydrogen-bond acceptors (Lipinski definition) is 5. The van der Waals surface area contributed by atoms with Crippen molar-refractivity contribution in [2.45, 2.75) is 0 Å². The van der Waals surface area contributed by atoms with E-state index in [4.69, 9.17) is 15.0 Å². The highest BCUT2D eigenvalue weighted by molar-refractivity contribution is 7.00. The average molecular weight is 728 g/mol. The van der Waals surface area contributed by atoms with E-state index in [9.17, 15) is 0 Å². The Morgan fingerprint density at radius 2 is 0.702 bits per heavy atom. The largest absolute Gasteiger partial charge is 0.311 e. The topological polar surface area (TPSA) is 45.2 Å². The van der Waals surface area contributed by atoms with Gasteiger partial charge in [-0.3, -0.25) is 0 Å². The standard InChI is InChI=1S/C51H34BN5/c1-5-18-35(19-6-1)38-32-39(51-54-49(36-20-7-2-8-21-36)53-50(55-51)37-22-9-3-10-23-37)34-41(33-38)57-45-29-16-14-27-43(45)52-42-26-13-15-28-44(42)56(40-24-11-4-12-25-40)46-30-17-31-47(57)48(46)52/h1-34H. The number of aromatic nitrogens is 3. The maximum atomic E-state index is 5.18. The van der Waals surface area contributed by atoms with Crippen molar-refractivity contribution in [2.24, 2.45) is 0 Å². The molecule has 0 N–H and O–H groups in total. The Balaban J connectivity index is 1.17. The van der Waals surface area contributed by atoms with Crippen LogP contribution in [0.3, 0.4) is 0 Å². The molecule has 2 aliphatic rings. The third-order valence-electron chi connectivity index (χ3n) is 11.1. The molecule has 3 heterocycles. The Labute approximate surface area is 332 Å². The Morgan fingerprint density at radius 3 is 1.25 bits per heavy atom. The van der Waals surface area contributed by atoms with E-state index in [0.29, 0.717) is 17.5 Å². The monoisotopic (exact) mass is 727 g/mol. The number of fused-ring (bicyclic) bond motifs is 4. The van der Waals surface area contributed by atoms with E-state index in [1.165, 1.54) is 27.8 Å². The molecule has 6 heteroatoms. The summed E-state index contributed by atoms with van der Waals surface area (Å²) in [5.41, 5.74) is 15.6. The Hall–Kier alpha value is -7.57. The number of hydrogen-bond donors (Lipinski definition) is 0. The predicted molar refractivity (Wildman–Crippen MR) is 236 cm³/mol. The lowest BCUT2D eigenvalue weighted by atomic mass is 9.33. The smallest absolute Gasteiger partial charge is 0.252 e. The van der Waals surface area contributed by atoms with Crippen LogP contribution in [-0.4, -0.2) is 21.7 Å². The van der Waals surface area contributed by atoms with Crippen LogP contribution in [0.5, 0.6) is 0 Å². The summed E-state index contributed by atoms with van der Waals surface area (Å²) in [6, 6.07) is 72.9. The fourth-order valence-corrected chi connectivity index (χ4v) is 8.57. The van der Waals surface area contributed by atoms with E-state index < -0.39 is 0 Å². The van der Waals surface area contributed by atoms with Gasteiger partial charge in [0.2, 0.25) is 0 Å². The molecular formula is C51H34BN5. The fourth-order valence-electron chi connectivity index (χ4n) is 8.57. The molecule has 0 spiro atoms. The zero-order chi connectivity index (χ0) is 37.7. The van der Waals surface area contributed by atoms with Gasteiger partial charge in [-0.15, -0.1) is 0 Å². The van der Waals surface area contributed by atoms with E-state index in [1.54, 1.807) is 0 Å². The first-order valence-electron chi connectivity index (χ1n) is 19.3. The Morgan fingerprint density at radius 1 is 0.298 bits per heavy atom. The van der Waals surface area contributed by atoms with Crippen LogP contribution >= 0.6 is 0 Å². The molecule has 8 aromatic carbocycles. The van der Waals surface area contributed by atoms with E-state index in [1.807, 2.05) is 36.4 Å². The molecule has 1 aromatic heterocycles. The van der Waals surface area contributed by atoms with Crippen molar-refractivity contribution in [1.82, 2.24) is 15.0 Å². The molecule has 0 aliphatic carbocycles. The van der Waals surface area contributed by atoms with Crippen LogP contribution in [0.15, 0.2) is 206 Å². The van der Waals surface area contributed by atoms with Crippen LogP contribution in [0, 0.1) is 0 Å². The van der Waals surface area contributed by atoms with Gasteiger partial charge >= 0.3 is 0 Å². The quantitative estimate of drug-likeness (QED) is 0.160. The molecule has 9 aromatic rings. The van der Waals surface area contributed by atoms with Gasteiger partial charge in [-0.25, -0.2) is 15.0 Å². The SMILES string of the molecule is c1ccc(-c2cc(-c3nc(-c4ccccc4)nc(-c4ccccc4)n3)cc(N3c4ccccc4B4c5ccccc5N(c5ccccc5)c5cccc3c54)c2)cc1. The van der Waals surface area contributed by atoms with Gasteiger partial charge in [0.05, 0.1) is 0 Å². The molecular weight excluding hydrogens is 693 g/mol. The van der Waals surface area contributed by atoms with Gasteiger partial charge in [0.1, 0.15) is 0 Å². The van der Waals surface area contributed by atoms with Crippen LogP contribution in [0.25, 0.3) is 45.3 Å². The molecule has 0 amide bonds. The van der Waals surface area contributed by atoms with Gasteiger partial charge in [0, 0.05) is 50.8 Å². The lowest BCUT2D eigenvalue weighted by Gasteiger charge is -2.44. The van der Waals surface area contributed by atoms with Crippen molar-refractivity contribution in [1.29, 1.82) is 0 Å². The summed E-state index contributed by atoms with van der Waals surface area (Å²) in [6.07, 6.45) is 0. The first kappa shape index (κ1) is 32.8. The van der Waals surface area contributed by atoms with Crippen molar-refractivity contribution >= 4 is 57.2 Å². The number of anilines is 6. The van der Waals surface area contributed by atoms with Crippen LogP contribution < -0.4 is 26.2 Å². The summed E-state index contributed by atoms with van der Waals surface area (Å²) >= 11 is 0. The first-order chi connectivity index (χ1) is 28.3. The molecule has 0 unspecified atom stereocenters. The van der Waals surface area contributed by atoms with Crippen molar-refractivity contribution < 1.29 is 0 Å². The number of rotatable bonds is 6. The van der Waals surface area contributed by atoms with Crippen molar-refractivity contribution in [3.8, 4) is 45.3 Å². The van der Waals surface area contributed by atoms with Crippen LogP contribution in [0.1, 0.15) is 0 Å². The number of benzene rings is 8. The second-order valence-electron chi connectivity index (χ2n) is 14.4. The summed E-state index contributed by atoms with van der Waals surface area (Å²) in [5.74, 6) is 1.88. The van der Waals surface area contributed by atoms with Crippen molar-refractivity contribution in [3.05, 3.63) is 206 Å². The van der Waals surface area contributed by atoms with E-state index in [2.05, 4.69) is 180 Å². The lowest BCUT2D eigenvalue weighted by molar-refractivity contribution is 1.07. The molecule has 11 rings (SSSR count). The van der Waals surface area contributed by atoms with Crippen LogP contribution in [-0.2, 0) is 0 Å². The highest BCUT2D eigenvalue weighted by Gasteiger charge is 2.42. The number of nitrogens with zero attached hydrogens (tertiary/aromatic N) is 5. The lowest BCUT2D eigenvalue weighted by Crippen LogP contribution is -2.61. The van der Waals surface area contributed by atoms with E-state index in [0.717, 1.165) is 50.6 Å².